The number of carbonyl (C=O) groups excluding carboxylic acids is 1. The van der Waals surface area contributed by atoms with Crippen LogP contribution >= 0.6 is 0 Å². The average molecular weight is 302 g/mol. The number of hydrogen-bond donors (Lipinski definition) is 0. The Balaban J connectivity index is 1.74. The minimum atomic E-state index is -4.28. The zero-order valence-corrected chi connectivity index (χ0v) is 11.5. The summed E-state index contributed by atoms with van der Waals surface area (Å²) in [6, 6.07) is 3.57. The second-order valence-electron chi connectivity index (χ2n) is 5.00. The number of carbonyl (C=O) groups is 1. The fourth-order valence-corrected chi connectivity index (χ4v) is 2.24. The van der Waals surface area contributed by atoms with Crippen molar-refractivity contribution in [3.8, 4) is 5.75 Å². The minimum absolute atomic E-state index is 0.0270. The Bertz CT molecular complexity index is 457. The highest BCUT2D eigenvalue weighted by Crippen LogP contribution is 2.23. The number of ether oxygens (including phenoxy) is 1. The Morgan fingerprint density at radius 1 is 1.38 bits per heavy atom. The number of nitrogens with zero attached hydrogens (tertiary/aromatic N) is 2. The Kier molecular flexibility index (Phi) is 5.03. The first-order chi connectivity index (χ1) is 9.94. The molecule has 0 unspecified atom stereocenters. The molecule has 4 nitrogen and oxygen atoms in total. The van der Waals surface area contributed by atoms with E-state index in [0.717, 1.165) is 0 Å². The van der Waals surface area contributed by atoms with Crippen LogP contribution in [0.25, 0.3) is 0 Å². The van der Waals surface area contributed by atoms with E-state index in [1.807, 2.05) is 0 Å². The van der Waals surface area contributed by atoms with Crippen molar-refractivity contribution in [2.75, 3.05) is 13.1 Å². The van der Waals surface area contributed by atoms with Crippen molar-refractivity contribution in [3.05, 3.63) is 24.5 Å². The Labute approximate surface area is 120 Å². The molecule has 116 valence electrons. The van der Waals surface area contributed by atoms with Crippen LogP contribution in [-0.4, -0.2) is 41.2 Å². The van der Waals surface area contributed by atoms with Gasteiger partial charge in [-0.25, -0.2) is 0 Å². The number of pyridine rings is 1. The quantitative estimate of drug-likeness (QED) is 0.859. The van der Waals surface area contributed by atoms with E-state index < -0.39 is 24.9 Å². The molecule has 1 aliphatic rings. The second-order valence-corrected chi connectivity index (χ2v) is 5.00. The monoisotopic (exact) mass is 302 g/mol. The van der Waals surface area contributed by atoms with E-state index in [-0.39, 0.29) is 6.10 Å². The molecule has 1 fully saturated rings. The van der Waals surface area contributed by atoms with E-state index in [1.54, 1.807) is 24.5 Å². The van der Waals surface area contributed by atoms with Crippen LogP contribution in [0, 0.1) is 0 Å². The van der Waals surface area contributed by atoms with Crippen molar-refractivity contribution in [3.63, 3.8) is 0 Å². The summed E-state index contributed by atoms with van der Waals surface area (Å²) in [7, 11) is 0. The highest BCUT2D eigenvalue weighted by Gasteiger charge is 2.30. The van der Waals surface area contributed by atoms with Gasteiger partial charge in [0.05, 0.1) is 12.6 Å². The Morgan fingerprint density at radius 3 is 2.67 bits per heavy atom. The molecule has 1 aromatic heterocycles. The fourth-order valence-electron chi connectivity index (χ4n) is 2.24. The minimum Gasteiger partial charge on any atom is -0.489 e. The van der Waals surface area contributed by atoms with E-state index in [9.17, 15) is 18.0 Å². The highest BCUT2D eigenvalue weighted by molar-refractivity contribution is 5.76. The van der Waals surface area contributed by atoms with Crippen LogP contribution in [0.5, 0.6) is 5.75 Å². The fraction of sp³-hybridized carbons (Fsp3) is 0.571. The van der Waals surface area contributed by atoms with Gasteiger partial charge >= 0.3 is 6.18 Å². The summed E-state index contributed by atoms with van der Waals surface area (Å²) in [6.07, 6.45) is -1.34. The van der Waals surface area contributed by atoms with Crippen LogP contribution in [0.4, 0.5) is 13.2 Å². The van der Waals surface area contributed by atoms with Gasteiger partial charge in [-0.05, 0) is 12.1 Å². The topological polar surface area (TPSA) is 42.4 Å². The average Bonchev–Trinajstić information content (AvgIpc) is 2.46. The van der Waals surface area contributed by atoms with Gasteiger partial charge in [-0.2, -0.15) is 13.2 Å². The molecule has 0 radical (unpaired) electrons. The number of likely N-dealkylation sites (tertiary alicyclic amines) is 1. The first-order valence-electron chi connectivity index (χ1n) is 6.85. The van der Waals surface area contributed by atoms with Gasteiger partial charge in [-0.3, -0.25) is 9.78 Å². The standard InChI is InChI=1S/C14H17F3N2O2/c15-14(16,17)6-3-13(20)19-8-4-11(5-9-19)21-12-2-1-7-18-10-12/h1-2,7,10-11H,3-6,8-9H2. The first-order valence-corrected chi connectivity index (χ1v) is 6.85. The molecule has 1 aromatic rings. The number of halogens is 3. The van der Waals surface area contributed by atoms with Crippen molar-refractivity contribution < 1.29 is 22.7 Å². The second kappa shape index (κ2) is 6.78. The number of amides is 1. The van der Waals surface area contributed by atoms with E-state index >= 15 is 0 Å². The molecule has 1 amide bonds. The molecule has 0 aromatic carbocycles. The van der Waals surface area contributed by atoms with E-state index in [0.29, 0.717) is 31.7 Å². The molecule has 0 saturated carbocycles. The molecule has 0 atom stereocenters. The number of hydrogen-bond acceptors (Lipinski definition) is 3. The molecule has 1 saturated heterocycles. The smallest absolute Gasteiger partial charge is 0.389 e. The number of alkyl halides is 3. The molecule has 0 aliphatic carbocycles. The lowest BCUT2D eigenvalue weighted by atomic mass is 10.1. The molecule has 2 heterocycles. The number of rotatable bonds is 4. The van der Waals surface area contributed by atoms with Gasteiger partial charge in [-0.15, -0.1) is 0 Å². The first kappa shape index (κ1) is 15.6. The predicted octanol–water partition coefficient (Wildman–Crippen LogP) is 2.79. The van der Waals surface area contributed by atoms with Gasteiger partial charge in [0.25, 0.3) is 0 Å². The van der Waals surface area contributed by atoms with Crippen LogP contribution in [0.3, 0.4) is 0 Å². The molecule has 2 rings (SSSR count). The summed E-state index contributed by atoms with van der Waals surface area (Å²) in [6.45, 7) is 0.864. The lowest BCUT2D eigenvalue weighted by molar-refractivity contribution is -0.150. The van der Waals surface area contributed by atoms with Gasteiger partial charge in [0.1, 0.15) is 11.9 Å². The zero-order valence-electron chi connectivity index (χ0n) is 11.5. The van der Waals surface area contributed by atoms with Gasteiger partial charge in [0.2, 0.25) is 5.91 Å². The normalized spacial score (nSPS) is 16.8. The van der Waals surface area contributed by atoms with Crippen molar-refractivity contribution >= 4 is 5.91 Å². The zero-order chi connectivity index (χ0) is 15.3. The van der Waals surface area contributed by atoms with Crippen molar-refractivity contribution in [2.45, 2.75) is 38.0 Å². The third-order valence-electron chi connectivity index (χ3n) is 3.35. The molecule has 0 N–H and O–H groups in total. The summed E-state index contributed by atoms with van der Waals surface area (Å²) < 4.78 is 42.0. The van der Waals surface area contributed by atoms with Crippen LogP contribution in [0.1, 0.15) is 25.7 Å². The molecule has 1 aliphatic heterocycles. The summed E-state index contributed by atoms with van der Waals surface area (Å²) in [5.74, 6) is 0.228. The Hall–Kier alpha value is -1.79. The largest absolute Gasteiger partial charge is 0.489 e. The van der Waals surface area contributed by atoms with E-state index in [2.05, 4.69) is 4.98 Å². The van der Waals surface area contributed by atoms with Gasteiger partial charge in [-0.1, -0.05) is 0 Å². The lowest BCUT2D eigenvalue weighted by Crippen LogP contribution is -2.42. The SMILES string of the molecule is O=C(CCC(F)(F)F)N1CCC(Oc2cccnc2)CC1. The Morgan fingerprint density at radius 2 is 2.10 bits per heavy atom. The third-order valence-corrected chi connectivity index (χ3v) is 3.35. The van der Waals surface area contributed by atoms with Gasteiger partial charge < -0.3 is 9.64 Å². The molecule has 21 heavy (non-hydrogen) atoms. The highest BCUT2D eigenvalue weighted by atomic mass is 19.4. The molecular weight excluding hydrogens is 285 g/mol. The predicted molar refractivity (Wildman–Crippen MR) is 69.8 cm³/mol. The summed E-state index contributed by atoms with van der Waals surface area (Å²) in [4.78, 5) is 17.1. The molecule has 0 bridgehead atoms. The summed E-state index contributed by atoms with van der Waals surface area (Å²) >= 11 is 0. The summed E-state index contributed by atoms with van der Waals surface area (Å²) in [5, 5.41) is 0. The third kappa shape index (κ3) is 5.24. The van der Waals surface area contributed by atoms with E-state index in [4.69, 9.17) is 4.74 Å². The van der Waals surface area contributed by atoms with Crippen LogP contribution < -0.4 is 4.74 Å². The van der Waals surface area contributed by atoms with Crippen LogP contribution in [0.2, 0.25) is 0 Å². The maximum absolute atomic E-state index is 12.1. The lowest BCUT2D eigenvalue weighted by Gasteiger charge is -2.32. The maximum atomic E-state index is 12.1. The van der Waals surface area contributed by atoms with Crippen molar-refractivity contribution in [2.24, 2.45) is 0 Å². The van der Waals surface area contributed by atoms with Crippen LogP contribution in [-0.2, 0) is 4.79 Å². The van der Waals surface area contributed by atoms with Crippen LogP contribution in [0.15, 0.2) is 24.5 Å². The molecular formula is C14H17F3N2O2. The van der Waals surface area contributed by atoms with E-state index in [1.165, 1.54) is 4.90 Å². The van der Waals surface area contributed by atoms with Gasteiger partial charge in [0, 0.05) is 38.5 Å². The summed E-state index contributed by atoms with van der Waals surface area (Å²) in [5.41, 5.74) is 0. The molecule has 0 spiro atoms. The maximum Gasteiger partial charge on any atom is 0.389 e. The molecule has 7 heteroatoms. The van der Waals surface area contributed by atoms with Crippen molar-refractivity contribution in [1.29, 1.82) is 0 Å². The number of aromatic nitrogens is 1. The van der Waals surface area contributed by atoms with Gasteiger partial charge in [0.15, 0.2) is 0 Å². The number of piperidine rings is 1. The van der Waals surface area contributed by atoms with Crippen molar-refractivity contribution in [1.82, 2.24) is 9.88 Å².